The topological polar surface area (TPSA) is 77.2 Å². The smallest absolute Gasteiger partial charge is 0.255 e. The molecule has 1 aromatic carbocycles. The van der Waals surface area contributed by atoms with Crippen LogP contribution < -0.4 is 15.8 Å². The number of halogens is 1. The molecule has 0 spiro atoms. The van der Waals surface area contributed by atoms with Crippen molar-refractivity contribution >= 4 is 17.3 Å². The van der Waals surface area contributed by atoms with Crippen LogP contribution in [0.5, 0.6) is 5.75 Å². The fourth-order valence-corrected chi connectivity index (χ4v) is 1.54. The largest absolute Gasteiger partial charge is 0.497 e. The Kier molecular flexibility index (Phi) is 3.61. The van der Waals surface area contributed by atoms with Gasteiger partial charge in [0.2, 0.25) is 0 Å². The molecule has 2 rings (SSSR count). The summed E-state index contributed by atoms with van der Waals surface area (Å²) in [5.74, 6) is -0.622. The summed E-state index contributed by atoms with van der Waals surface area (Å²) in [7, 11) is 1.47. The van der Waals surface area contributed by atoms with Crippen LogP contribution in [0.2, 0.25) is 0 Å². The summed E-state index contributed by atoms with van der Waals surface area (Å²) in [6.07, 6.45) is 2.41. The molecule has 5 nitrogen and oxygen atoms in total. The Balaban J connectivity index is 2.25. The normalized spacial score (nSPS) is 10.0. The third-order valence-corrected chi connectivity index (χ3v) is 2.45. The summed E-state index contributed by atoms with van der Waals surface area (Å²) < 4.78 is 18.4. The molecule has 0 saturated carbocycles. The van der Waals surface area contributed by atoms with E-state index >= 15 is 0 Å². The van der Waals surface area contributed by atoms with E-state index < -0.39 is 11.7 Å². The highest BCUT2D eigenvalue weighted by Gasteiger charge is 2.11. The van der Waals surface area contributed by atoms with E-state index in [2.05, 4.69) is 10.3 Å². The molecule has 2 aromatic rings. The summed E-state index contributed by atoms with van der Waals surface area (Å²) in [5.41, 5.74) is 6.38. The van der Waals surface area contributed by atoms with Crippen LogP contribution in [-0.2, 0) is 0 Å². The molecule has 0 unspecified atom stereocenters. The Hall–Kier alpha value is -2.63. The third kappa shape index (κ3) is 2.98. The number of aromatic nitrogens is 1. The van der Waals surface area contributed by atoms with E-state index in [0.717, 1.165) is 6.20 Å². The standard InChI is InChI=1S/C13H12FN3O2/c1-19-10-5-8(4-9(15)6-10)13(18)17-12-2-3-16-7-11(12)14/h2-7H,15H2,1H3,(H,16,17,18). The van der Waals surface area contributed by atoms with Gasteiger partial charge in [0.05, 0.1) is 19.0 Å². The Labute approximate surface area is 109 Å². The van der Waals surface area contributed by atoms with Crippen molar-refractivity contribution in [2.24, 2.45) is 0 Å². The van der Waals surface area contributed by atoms with Crippen molar-refractivity contribution < 1.29 is 13.9 Å². The van der Waals surface area contributed by atoms with Gasteiger partial charge in [-0.1, -0.05) is 0 Å². The summed E-state index contributed by atoms with van der Waals surface area (Å²) in [5, 5.41) is 2.44. The first-order valence-electron chi connectivity index (χ1n) is 5.45. The molecular weight excluding hydrogens is 249 g/mol. The van der Waals surface area contributed by atoms with E-state index in [1.54, 1.807) is 6.07 Å². The van der Waals surface area contributed by atoms with Crippen molar-refractivity contribution in [2.45, 2.75) is 0 Å². The Morgan fingerprint density at radius 1 is 1.42 bits per heavy atom. The molecule has 0 aliphatic heterocycles. The number of carbonyl (C=O) groups excluding carboxylic acids is 1. The van der Waals surface area contributed by atoms with Crippen LogP contribution in [0.3, 0.4) is 0 Å². The van der Waals surface area contributed by atoms with E-state index in [4.69, 9.17) is 10.5 Å². The van der Waals surface area contributed by atoms with E-state index in [9.17, 15) is 9.18 Å². The number of rotatable bonds is 3. The Bertz CT molecular complexity index is 617. The summed E-state index contributed by atoms with van der Waals surface area (Å²) >= 11 is 0. The van der Waals surface area contributed by atoms with Crippen LogP contribution in [-0.4, -0.2) is 18.0 Å². The van der Waals surface area contributed by atoms with Crippen LogP contribution in [0, 0.1) is 5.82 Å². The summed E-state index contributed by atoms with van der Waals surface area (Å²) in [6, 6.07) is 5.96. The molecule has 1 heterocycles. The number of nitrogens with zero attached hydrogens (tertiary/aromatic N) is 1. The minimum atomic E-state index is -0.605. The summed E-state index contributed by atoms with van der Waals surface area (Å²) in [4.78, 5) is 15.6. The van der Waals surface area contributed by atoms with Crippen molar-refractivity contribution in [3.8, 4) is 5.75 Å². The SMILES string of the molecule is COc1cc(N)cc(C(=O)Nc2ccncc2F)c1. The van der Waals surface area contributed by atoms with Gasteiger partial charge in [-0.25, -0.2) is 4.39 Å². The molecule has 0 aliphatic rings. The number of anilines is 2. The number of hydrogen-bond donors (Lipinski definition) is 2. The number of nitrogen functional groups attached to an aromatic ring is 1. The van der Waals surface area contributed by atoms with E-state index in [0.29, 0.717) is 11.4 Å². The Morgan fingerprint density at radius 3 is 2.89 bits per heavy atom. The van der Waals surface area contributed by atoms with Gasteiger partial charge < -0.3 is 15.8 Å². The molecular formula is C13H12FN3O2. The average molecular weight is 261 g/mol. The molecule has 1 amide bonds. The monoisotopic (exact) mass is 261 g/mol. The van der Waals surface area contributed by atoms with Gasteiger partial charge in [-0.05, 0) is 18.2 Å². The minimum Gasteiger partial charge on any atom is -0.497 e. The number of methoxy groups -OCH3 is 1. The molecule has 19 heavy (non-hydrogen) atoms. The first kappa shape index (κ1) is 12.8. The average Bonchev–Trinajstić information content (AvgIpc) is 2.40. The molecule has 0 atom stereocenters. The van der Waals surface area contributed by atoms with Gasteiger partial charge in [-0.2, -0.15) is 0 Å². The highest BCUT2D eigenvalue weighted by atomic mass is 19.1. The maximum Gasteiger partial charge on any atom is 0.255 e. The van der Waals surface area contributed by atoms with Crippen molar-refractivity contribution in [3.63, 3.8) is 0 Å². The zero-order valence-electron chi connectivity index (χ0n) is 10.2. The van der Waals surface area contributed by atoms with Gasteiger partial charge in [0.1, 0.15) is 5.75 Å². The van der Waals surface area contributed by atoms with Crippen molar-refractivity contribution in [1.29, 1.82) is 0 Å². The van der Waals surface area contributed by atoms with Crippen molar-refractivity contribution in [3.05, 3.63) is 48.0 Å². The number of benzene rings is 1. The molecule has 0 saturated heterocycles. The number of ether oxygens (including phenoxy) is 1. The maximum atomic E-state index is 13.4. The minimum absolute atomic E-state index is 0.0568. The zero-order chi connectivity index (χ0) is 13.8. The second-order valence-electron chi connectivity index (χ2n) is 3.80. The second-order valence-corrected chi connectivity index (χ2v) is 3.80. The predicted octanol–water partition coefficient (Wildman–Crippen LogP) is 2.06. The zero-order valence-corrected chi connectivity index (χ0v) is 10.2. The maximum absolute atomic E-state index is 13.4. The molecule has 0 fully saturated rings. The number of carbonyl (C=O) groups is 1. The van der Waals surface area contributed by atoms with Crippen molar-refractivity contribution in [2.75, 3.05) is 18.2 Å². The number of nitrogens with two attached hydrogens (primary N) is 1. The predicted molar refractivity (Wildman–Crippen MR) is 69.6 cm³/mol. The molecule has 6 heteroatoms. The van der Waals surface area contributed by atoms with Gasteiger partial charge in [0.15, 0.2) is 5.82 Å². The first-order chi connectivity index (χ1) is 9.10. The molecule has 1 aromatic heterocycles. The molecule has 3 N–H and O–H groups in total. The van der Waals surface area contributed by atoms with Crippen molar-refractivity contribution in [1.82, 2.24) is 4.98 Å². The lowest BCUT2D eigenvalue weighted by molar-refractivity contribution is 0.102. The van der Waals surface area contributed by atoms with Crippen LogP contribution in [0.1, 0.15) is 10.4 Å². The molecule has 0 aliphatic carbocycles. The highest BCUT2D eigenvalue weighted by molar-refractivity contribution is 6.05. The lowest BCUT2D eigenvalue weighted by Crippen LogP contribution is -2.13. The molecule has 98 valence electrons. The van der Waals surface area contributed by atoms with Gasteiger partial charge in [-0.3, -0.25) is 9.78 Å². The lowest BCUT2D eigenvalue weighted by atomic mass is 10.1. The lowest BCUT2D eigenvalue weighted by Gasteiger charge is -2.08. The second kappa shape index (κ2) is 5.34. The highest BCUT2D eigenvalue weighted by Crippen LogP contribution is 2.20. The third-order valence-electron chi connectivity index (χ3n) is 2.45. The quantitative estimate of drug-likeness (QED) is 0.829. The first-order valence-corrected chi connectivity index (χ1v) is 5.45. The van der Waals surface area contributed by atoms with Crippen LogP contribution in [0.15, 0.2) is 36.7 Å². The number of pyridine rings is 1. The number of amides is 1. The van der Waals surface area contributed by atoms with Gasteiger partial charge in [0.25, 0.3) is 5.91 Å². The molecule has 0 bridgehead atoms. The van der Waals surface area contributed by atoms with E-state index in [1.807, 2.05) is 0 Å². The van der Waals surface area contributed by atoms with Crippen LogP contribution in [0.25, 0.3) is 0 Å². The van der Waals surface area contributed by atoms with Crippen LogP contribution in [0.4, 0.5) is 15.8 Å². The fraction of sp³-hybridized carbons (Fsp3) is 0.0769. The number of hydrogen-bond acceptors (Lipinski definition) is 4. The number of nitrogens with one attached hydrogen (secondary N) is 1. The van der Waals surface area contributed by atoms with E-state index in [1.165, 1.54) is 31.5 Å². The summed E-state index contributed by atoms with van der Waals surface area (Å²) in [6.45, 7) is 0. The fourth-order valence-electron chi connectivity index (χ4n) is 1.54. The molecule has 0 radical (unpaired) electrons. The van der Waals surface area contributed by atoms with Gasteiger partial charge >= 0.3 is 0 Å². The van der Waals surface area contributed by atoms with E-state index in [-0.39, 0.29) is 11.3 Å². The Morgan fingerprint density at radius 2 is 2.21 bits per heavy atom. The van der Waals surface area contributed by atoms with Gasteiger partial charge in [-0.15, -0.1) is 0 Å². The van der Waals surface area contributed by atoms with Crippen LogP contribution >= 0.6 is 0 Å². The van der Waals surface area contributed by atoms with Gasteiger partial charge in [0, 0.05) is 23.5 Å².